The summed E-state index contributed by atoms with van der Waals surface area (Å²) in [6, 6.07) is 0. The van der Waals surface area contributed by atoms with Gasteiger partial charge in [0.1, 0.15) is 6.10 Å². The van der Waals surface area contributed by atoms with E-state index in [4.69, 9.17) is 4.74 Å². The molecule has 2 aliphatic rings. The molecule has 0 aromatic rings. The van der Waals surface area contributed by atoms with E-state index >= 15 is 0 Å². The van der Waals surface area contributed by atoms with Crippen molar-refractivity contribution in [3.05, 3.63) is 0 Å². The second kappa shape index (κ2) is 14.8. The summed E-state index contributed by atoms with van der Waals surface area (Å²) in [5, 5.41) is 0. The zero-order chi connectivity index (χ0) is 20.7. The first kappa shape index (κ1) is 24.2. The van der Waals surface area contributed by atoms with Gasteiger partial charge in [0.15, 0.2) is 0 Å². The highest BCUT2D eigenvalue weighted by Crippen LogP contribution is 2.16. The van der Waals surface area contributed by atoms with Crippen LogP contribution in [0.5, 0.6) is 0 Å². The Kier molecular flexibility index (Phi) is 12.3. The van der Waals surface area contributed by atoms with Gasteiger partial charge in [0, 0.05) is 25.9 Å². The lowest BCUT2D eigenvalue weighted by atomic mass is 10.1. The van der Waals surface area contributed by atoms with Crippen LogP contribution in [0.15, 0.2) is 0 Å². The van der Waals surface area contributed by atoms with Crippen LogP contribution in [0.4, 0.5) is 0 Å². The van der Waals surface area contributed by atoms with Crippen molar-refractivity contribution in [1.29, 1.82) is 0 Å². The summed E-state index contributed by atoms with van der Waals surface area (Å²) >= 11 is 0. The Morgan fingerprint density at radius 3 is 2.14 bits per heavy atom. The number of ether oxygens (including phenoxy) is 1. The van der Waals surface area contributed by atoms with Crippen molar-refractivity contribution in [2.75, 3.05) is 32.7 Å². The van der Waals surface area contributed by atoms with E-state index in [0.29, 0.717) is 19.4 Å². The molecule has 1 atom stereocenters. The number of hydrogen-bond acceptors (Lipinski definition) is 4. The fraction of sp³-hybridized carbons (Fsp3) is 0.917. The number of amides is 1. The van der Waals surface area contributed by atoms with Gasteiger partial charge < -0.3 is 9.64 Å². The first-order valence-corrected chi connectivity index (χ1v) is 12.4. The minimum atomic E-state index is -0.179. The lowest BCUT2D eigenvalue weighted by molar-refractivity contribution is -0.152. The molecule has 0 spiro atoms. The van der Waals surface area contributed by atoms with Gasteiger partial charge in [-0.05, 0) is 38.8 Å². The molecule has 2 aliphatic heterocycles. The summed E-state index contributed by atoms with van der Waals surface area (Å²) in [5.74, 6) is 0.130. The predicted molar refractivity (Wildman–Crippen MR) is 118 cm³/mol. The molecular weight excluding hydrogens is 364 g/mol. The average molecular weight is 409 g/mol. The van der Waals surface area contributed by atoms with Gasteiger partial charge in [0.05, 0.1) is 6.54 Å². The van der Waals surface area contributed by atoms with E-state index in [9.17, 15) is 9.59 Å². The third-order valence-electron chi connectivity index (χ3n) is 6.29. The molecule has 0 aromatic heterocycles. The molecule has 29 heavy (non-hydrogen) atoms. The number of rotatable bonds is 15. The zero-order valence-electron chi connectivity index (χ0n) is 18.8. The van der Waals surface area contributed by atoms with Crippen LogP contribution in [-0.2, 0) is 14.3 Å². The molecule has 0 aromatic carbocycles. The first-order chi connectivity index (χ1) is 14.2. The Morgan fingerprint density at radius 2 is 1.52 bits per heavy atom. The molecule has 168 valence electrons. The van der Waals surface area contributed by atoms with Crippen LogP contribution in [0.3, 0.4) is 0 Å². The number of likely N-dealkylation sites (tertiary alicyclic amines) is 2. The largest absolute Gasteiger partial charge is 0.459 e. The summed E-state index contributed by atoms with van der Waals surface area (Å²) in [7, 11) is 0. The van der Waals surface area contributed by atoms with Crippen LogP contribution in [-0.4, -0.2) is 60.5 Å². The third-order valence-corrected chi connectivity index (χ3v) is 6.29. The highest BCUT2D eigenvalue weighted by Gasteiger charge is 2.27. The molecule has 2 heterocycles. The molecule has 0 aliphatic carbocycles. The van der Waals surface area contributed by atoms with Gasteiger partial charge in [-0.1, -0.05) is 64.7 Å². The molecular formula is C24H44N2O3. The van der Waals surface area contributed by atoms with Gasteiger partial charge in [-0.25, -0.2) is 0 Å². The summed E-state index contributed by atoms with van der Waals surface area (Å²) in [6.45, 7) is 6.57. The Morgan fingerprint density at radius 1 is 0.862 bits per heavy atom. The van der Waals surface area contributed by atoms with E-state index < -0.39 is 0 Å². The Hall–Kier alpha value is -1.10. The monoisotopic (exact) mass is 408 g/mol. The molecule has 5 nitrogen and oxygen atoms in total. The summed E-state index contributed by atoms with van der Waals surface area (Å²) in [4.78, 5) is 28.7. The molecule has 5 heteroatoms. The highest BCUT2D eigenvalue weighted by molar-refractivity contribution is 5.78. The fourth-order valence-electron chi connectivity index (χ4n) is 4.53. The zero-order valence-corrected chi connectivity index (χ0v) is 18.8. The van der Waals surface area contributed by atoms with Crippen molar-refractivity contribution in [2.45, 2.75) is 109 Å². The second-order valence-corrected chi connectivity index (χ2v) is 8.99. The number of hydrogen-bond donors (Lipinski definition) is 0. The maximum absolute atomic E-state index is 12.4. The van der Waals surface area contributed by atoms with E-state index in [0.717, 1.165) is 45.4 Å². The second-order valence-electron chi connectivity index (χ2n) is 8.99. The average Bonchev–Trinajstić information content (AvgIpc) is 3.12. The molecule has 0 unspecified atom stereocenters. The summed E-state index contributed by atoms with van der Waals surface area (Å²) < 4.78 is 5.86. The van der Waals surface area contributed by atoms with Gasteiger partial charge in [-0.2, -0.15) is 0 Å². The number of carbonyl (C=O) groups is 2. The van der Waals surface area contributed by atoms with E-state index in [-0.39, 0.29) is 18.0 Å². The maximum Gasteiger partial charge on any atom is 0.306 e. The molecule has 0 radical (unpaired) electrons. The van der Waals surface area contributed by atoms with Crippen molar-refractivity contribution >= 4 is 11.9 Å². The smallest absolute Gasteiger partial charge is 0.306 e. The van der Waals surface area contributed by atoms with Gasteiger partial charge in [-0.15, -0.1) is 0 Å². The van der Waals surface area contributed by atoms with Gasteiger partial charge in [0.2, 0.25) is 5.91 Å². The molecule has 1 amide bonds. The third kappa shape index (κ3) is 10.5. The highest BCUT2D eigenvalue weighted by atomic mass is 16.5. The van der Waals surface area contributed by atoms with Crippen molar-refractivity contribution in [3.8, 4) is 0 Å². The molecule has 0 N–H and O–H groups in total. The van der Waals surface area contributed by atoms with Crippen LogP contribution in [0, 0.1) is 0 Å². The van der Waals surface area contributed by atoms with Crippen LogP contribution < -0.4 is 0 Å². The number of unbranched alkanes of at least 4 members (excludes halogenated alkanes) is 8. The van der Waals surface area contributed by atoms with E-state index in [1.165, 1.54) is 64.2 Å². The molecule has 2 rings (SSSR count). The number of esters is 1. The van der Waals surface area contributed by atoms with Crippen LogP contribution >= 0.6 is 0 Å². The Balaban J connectivity index is 1.64. The Bertz CT molecular complexity index is 463. The van der Waals surface area contributed by atoms with Crippen molar-refractivity contribution in [2.24, 2.45) is 0 Å². The van der Waals surface area contributed by atoms with Crippen LogP contribution in [0.2, 0.25) is 0 Å². The SMILES string of the molecule is CCCCCCCCCCCC(=O)O[C@@H](CN1CCCCC1)CN1CCCC1=O. The summed E-state index contributed by atoms with van der Waals surface area (Å²) in [6.07, 6.45) is 16.9. The topological polar surface area (TPSA) is 49.9 Å². The molecule has 0 bridgehead atoms. The lowest BCUT2D eigenvalue weighted by Gasteiger charge is -2.32. The van der Waals surface area contributed by atoms with Gasteiger partial charge in [0.25, 0.3) is 0 Å². The maximum atomic E-state index is 12.4. The van der Waals surface area contributed by atoms with Crippen molar-refractivity contribution in [3.63, 3.8) is 0 Å². The van der Waals surface area contributed by atoms with Crippen molar-refractivity contribution < 1.29 is 14.3 Å². The molecule has 2 fully saturated rings. The minimum Gasteiger partial charge on any atom is -0.459 e. The van der Waals surface area contributed by atoms with Crippen LogP contribution in [0.1, 0.15) is 103 Å². The summed E-state index contributed by atoms with van der Waals surface area (Å²) in [5.41, 5.74) is 0. The lowest BCUT2D eigenvalue weighted by Crippen LogP contribution is -2.44. The predicted octanol–water partition coefficient (Wildman–Crippen LogP) is 4.93. The Labute approximate surface area is 178 Å². The number of carbonyl (C=O) groups excluding carboxylic acids is 2. The fourth-order valence-corrected chi connectivity index (χ4v) is 4.53. The van der Waals surface area contributed by atoms with E-state index in [2.05, 4.69) is 11.8 Å². The number of nitrogens with zero attached hydrogens (tertiary/aromatic N) is 2. The normalized spacial score (nSPS) is 18.9. The number of piperidine rings is 1. The van der Waals surface area contributed by atoms with Gasteiger partial charge >= 0.3 is 5.97 Å². The van der Waals surface area contributed by atoms with E-state index in [1.54, 1.807) is 0 Å². The molecule has 2 saturated heterocycles. The standard InChI is InChI=1S/C24H44N2O3/c1-2-3-4-5-6-7-8-9-11-16-24(28)29-22(20-25-17-12-10-13-18-25)21-26-19-14-15-23(26)27/h22H,2-21H2,1H3/t22-/m0/s1. The van der Waals surface area contributed by atoms with Crippen molar-refractivity contribution in [1.82, 2.24) is 9.80 Å². The van der Waals surface area contributed by atoms with Gasteiger partial charge in [-0.3, -0.25) is 14.5 Å². The van der Waals surface area contributed by atoms with E-state index in [1.807, 2.05) is 4.90 Å². The van der Waals surface area contributed by atoms with Crippen LogP contribution in [0.25, 0.3) is 0 Å². The quantitative estimate of drug-likeness (QED) is 0.285. The first-order valence-electron chi connectivity index (χ1n) is 12.4. The molecule has 0 saturated carbocycles. The minimum absolute atomic E-state index is 0.0819.